The van der Waals surface area contributed by atoms with Crippen LogP contribution in [0.2, 0.25) is 0 Å². The van der Waals surface area contributed by atoms with Crippen LogP contribution in [0.15, 0.2) is 30.3 Å². The highest BCUT2D eigenvalue weighted by Gasteiger charge is 2.40. The van der Waals surface area contributed by atoms with Crippen LogP contribution in [0.5, 0.6) is 0 Å². The number of hydrogen-bond acceptors (Lipinski definition) is 3. The molecule has 0 aliphatic carbocycles. The van der Waals surface area contributed by atoms with Crippen LogP contribution in [0.3, 0.4) is 0 Å². The summed E-state index contributed by atoms with van der Waals surface area (Å²) in [6.45, 7) is -1.38. The summed E-state index contributed by atoms with van der Waals surface area (Å²) in [7, 11) is 0. The second-order valence-corrected chi connectivity index (χ2v) is 5.55. The van der Waals surface area contributed by atoms with E-state index in [1.807, 2.05) is 30.3 Å². The predicted molar refractivity (Wildman–Crippen MR) is 84.4 cm³/mol. The fraction of sp³-hybridized carbons (Fsp3) is 0.467. The molecule has 1 aliphatic rings. The van der Waals surface area contributed by atoms with Crippen LogP contribution in [-0.2, 0) is 9.59 Å². The first-order chi connectivity index (χ1) is 10.8. The molecule has 5 nitrogen and oxygen atoms in total. The van der Waals surface area contributed by atoms with Gasteiger partial charge in [-0.05, 0) is 5.56 Å². The van der Waals surface area contributed by atoms with Crippen molar-refractivity contribution in [2.45, 2.75) is 18.6 Å². The number of nitrogens with one attached hydrogen (secondary N) is 1. The first kappa shape index (κ1) is 20.2. The fourth-order valence-electron chi connectivity index (χ4n) is 2.49. The van der Waals surface area contributed by atoms with Gasteiger partial charge < -0.3 is 16.0 Å². The Hall–Kier alpha value is -1.80. The molecule has 0 bridgehead atoms. The van der Waals surface area contributed by atoms with Crippen LogP contribution >= 0.6 is 12.4 Å². The molecule has 1 aromatic carbocycles. The van der Waals surface area contributed by atoms with E-state index in [0.29, 0.717) is 4.90 Å². The molecule has 134 valence electrons. The van der Waals surface area contributed by atoms with Gasteiger partial charge in [0.15, 0.2) is 0 Å². The van der Waals surface area contributed by atoms with Gasteiger partial charge in [-0.3, -0.25) is 9.59 Å². The van der Waals surface area contributed by atoms with Crippen molar-refractivity contribution < 1.29 is 22.8 Å². The van der Waals surface area contributed by atoms with Crippen molar-refractivity contribution in [2.75, 3.05) is 19.6 Å². The summed E-state index contributed by atoms with van der Waals surface area (Å²) in [5, 5.41) is 2.60. The van der Waals surface area contributed by atoms with E-state index in [1.54, 1.807) is 0 Å². The minimum absolute atomic E-state index is 0. The second kappa shape index (κ2) is 8.34. The highest BCUT2D eigenvalue weighted by Crippen LogP contribution is 2.24. The Morgan fingerprint density at radius 1 is 1.33 bits per heavy atom. The van der Waals surface area contributed by atoms with Gasteiger partial charge in [0.1, 0.15) is 6.54 Å². The van der Waals surface area contributed by atoms with E-state index in [1.165, 1.54) is 0 Å². The first-order valence-electron chi connectivity index (χ1n) is 7.19. The van der Waals surface area contributed by atoms with E-state index >= 15 is 0 Å². The van der Waals surface area contributed by atoms with Crippen LogP contribution < -0.4 is 11.1 Å². The standard InChI is InChI=1S/C15H18F3N3O2.ClH/c16-15(17,18)9-21-8-11(6-13(21)22)14(23)20-7-12(19)10-4-2-1-3-5-10;/h1-5,11-12H,6-9,19H2,(H,20,23);1H. The molecule has 1 heterocycles. The first-order valence-corrected chi connectivity index (χ1v) is 7.19. The van der Waals surface area contributed by atoms with Crippen molar-refractivity contribution in [1.29, 1.82) is 0 Å². The van der Waals surface area contributed by atoms with Crippen molar-refractivity contribution in [3.63, 3.8) is 0 Å². The summed E-state index contributed by atoms with van der Waals surface area (Å²) >= 11 is 0. The average Bonchev–Trinajstić information content (AvgIpc) is 2.84. The van der Waals surface area contributed by atoms with Crippen molar-refractivity contribution >= 4 is 24.2 Å². The van der Waals surface area contributed by atoms with Crippen LogP contribution in [-0.4, -0.2) is 42.5 Å². The van der Waals surface area contributed by atoms with Gasteiger partial charge >= 0.3 is 6.18 Å². The number of halogens is 4. The molecule has 1 aliphatic heterocycles. The second-order valence-electron chi connectivity index (χ2n) is 5.55. The Labute approximate surface area is 143 Å². The summed E-state index contributed by atoms with van der Waals surface area (Å²) in [6.07, 6.45) is -4.67. The molecule has 9 heteroatoms. The van der Waals surface area contributed by atoms with Gasteiger partial charge in [0, 0.05) is 25.6 Å². The lowest BCUT2D eigenvalue weighted by molar-refractivity contribution is -0.157. The molecule has 0 radical (unpaired) electrons. The topological polar surface area (TPSA) is 75.4 Å². The molecule has 1 saturated heterocycles. The molecule has 1 aromatic rings. The molecule has 2 amide bonds. The summed E-state index contributed by atoms with van der Waals surface area (Å²) in [4.78, 5) is 24.2. The number of hydrogen-bond donors (Lipinski definition) is 2. The molecular formula is C15H19ClF3N3O2. The summed E-state index contributed by atoms with van der Waals surface area (Å²) in [5.74, 6) is -1.88. The lowest BCUT2D eigenvalue weighted by Gasteiger charge is -2.18. The number of amides is 2. The van der Waals surface area contributed by atoms with E-state index in [4.69, 9.17) is 5.73 Å². The molecule has 1 fully saturated rings. The van der Waals surface area contributed by atoms with Crippen LogP contribution in [0.1, 0.15) is 18.0 Å². The molecule has 2 unspecified atom stereocenters. The van der Waals surface area contributed by atoms with Crippen molar-refractivity contribution in [2.24, 2.45) is 11.7 Å². The van der Waals surface area contributed by atoms with Crippen molar-refractivity contribution in [1.82, 2.24) is 10.2 Å². The number of alkyl halides is 3. The Bertz CT molecular complexity index is 569. The highest BCUT2D eigenvalue weighted by atomic mass is 35.5. The van der Waals surface area contributed by atoms with Gasteiger partial charge in [0.05, 0.1) is 5.92 Å². The van der Waals surface area contributed by atoms with Gasteiger partial charge in [-0.2, -0.15) is 13.2 Å². The normalized spacial score (nSPS) is 18.9. The maximum atomic E-state index is 12.3. The number of nitrogens with zero attached hydrogens (tertiary/aromatic N) is 1. The number of rotatable bonds is 5. The molecule has 0 saturated carbocycles. The maximum Gasteiger partial charge on any atom is 0.406 e. The Morgan fingerprint density at radius 3 is 2.54 bits per heavy atom. The highest BCUT2D eigenvalue weighted by molar-refractivity contribution is 5.89. The number of carbonyl (C=O) groups excluding carboxylic acids is 2. The molecule has 2 atom stereocenters. The molecule has 24 heavy (non-hydrogen) atoms. The van der Waals surface area contributed by atoms with Crippen LogP contribution in [0.25, 0.3) is 0 Å². The van der Waals surface area contributed by atoms with Crippen LogP contribution in [0.4, 0.5) is 13.2 Å². The number of nitrogens with two attached hydrogens (primary N) is 1. The van der Waals surface area contributed by atoms with E-state index in [0.717, 1.165) is 5.56 Å². The zero-order chi connectivity index (χ0) is 17.0. The smallest absolute Gasteiger partial charge is 0.354 e. The van der Waals surface area contributed by atoms with Gasteiger partial charge in [-0.25, -0.2) is 0 Å². The largest absolute Gasteiger partial charge is 0.406 e. The zero-order valence-electron chi connectivity index (χ0n) is 12.8. The Morgan fingerprint density at radius 2 is 1.96 bits per heavy atom. The third kappa shape index (κ3) is 5.68. The number of carbonyl (C=O) groups is 2. The van der Waals surface area contributed by atoms with E-state index in [-0.39, 0.29) is 31.9 Å². The maximum absolute atomic E-state index is 12.3. The quantitative estimate of drug-likeness (QED) is 0.833. The van der Waals surface area contributed by atoms with Crippen molar-refractivity contribution in [3.05, 3.63) is 35.9 Å². The predicted octanol–water partition coefficient (Wildman–Crippen LogP) is 1.64. The number of benzene rings is 1. The van der Waals surface area contributed by atoms with Gasteiger partial charge in [-0.1, -0.05) is 30.3 Å². The van der Waals surface area contributed by atoms with E-state index in [2.05, 4.69) is 5.32 Å². The SMILES string of the molecule is Cl.NC(CNC(=O)C1CC(=O)N(CC(F)(F)F)C1)c1ccccc1. The Kier molecular flexibility index (Phi) is 7.04. The molecule has 2 rings (SSSR count). The minimum atomic E-state index is -4.46. The molecule has 3 N–H and O–H groups in total. The van der Waals surface area contributed by atoms with Crippen LogP contribution in [0, 0.1) is 5.92 Å². The molecule has 0 spiro atoms. The lowest BCUT2D eigenvalue weighted by atomic mass is 10.1. The third-order valence-corrected chi connectivity index (χ3v) is 3.68. The monoisotopic (exact) mass is 365 g/mol. The van der Waals surface area contributed by atoms with Gasteiger partial charge in [0.25, 0.3) is 0 Å². The molecule has 0 aromatic heterocycles. The van der Waals surface area contributed by atoms with E-state index < -0.39 is 36.5 Å². The lowest BCUT2D eigenvalue weighted by Crippen LogP contribution is -2.39. The summed E-state index contributed by atoms with van der Waals surface area (Å²) < 4.78 is 37.0. The zero-order valence-corrected chi connectivity index (χ0v) is 13.6. The summed E-state index contributed by atoms with van der Waals surface area (Å²) in [6, 6.07) is 8.71. The van der Waals surface area contributed by atoms with Gasteiger partial charge in [0.2, 0.25) is 11.8 Å². The average molecular weight is 366 g/mol. The van der Waals surface area contributed by atoms with Gasteiger partial charge in [-0.15, -0.1) is 12.4 Å². The third-order valence-electron chi connectivity index (χ3n) is 3.68. The molecular weight excluding hydrogens is 347 g/mol. The number of likely N-dealkylation sites (tertiary alicyclic amines) is 1. The summed E-state index contributed by atoms with van der Waals surface area (Å²) in [5.41, 5.74) is 6.78. The minimum Gasteiger partial charge on any atom is -0.354 e. The van der Waals surface area contributed by atoms with Crippen molar-refractivity contribution in [3.8, 4) is 0 Å². The fourth-order valence-corrected chi connectivity index (χ4v) is 2.49. The van der Waals surface area contributed by atoms with E-state index in [9.17, 15) is 22.8 Å². The Balaban J connectivity index is 0.00000288.